The minimum Gasteiger partial charge on any atom is -0.432 e. The molecule has 4 heteroatoms. The topological polar surface area (TPSA) is 41.5 Å². The molecule has 68 valence electrons. The molecule has 0 saturated heterocycles. The highest BCUT2D eigenvalue weighted by Crippen LogP contribution is 2.33. The first-order valence-corrected chi connectivity index (χ1v) is 6.74. The summed E-state index contributed by atoms with van der Waals surface area (Å²) in [6, 6.07) is 0. The second-order valence-corrected chi connectivity index (χ2v) is 8.44. The van der Waals surface area contributed by atoms with E-state index >= 15 is 0 Å². The van der Waals surface area contributed by atoms with Crippen LogP contribution in [0.4, 0.5) is 0 Å². The Bertz CT molecular complexity index is 120. The van der Waals surface area contributed by atoms with Gasteiger partial charge < -0.3 is 9.63 Å². The first-order chi connectivity index (χ1) is 4.81. The van der Waals surface area contributed by atoms with Gasteiger partial charge in [-0.2, -0.15) is 0 Å². The van der Waals surface area contributed by atoms with Gasteiger partial charge in [-0.15, -0.1) is 0 Å². The van der Waals surface area contributed by atoms with Crippen molar-refractivity contribution in [2.24, 2.45) is 0 Å². The summed E-state index contributed by atoms with van der Waals surface area (Å²) < 4.78 is 0. The zero-order valence-electron chi connectivity index (χ0n) is 8.06. The normalized spacial score (nSPS) is 13.6. The molecule has 0 aliphatic carbocycles. The van der Waals surface area contributed by atoms with Crippen LogP contribution in [0, 0.1) is 0 Å². The van der Waals surface area contributed by atoms with Crippen molar-refractivity contribution in [3.05, 3.63) is 0 Å². The van der Waals surface area contributed by atoms with E-state index < -0.39 is 8.32 Å². The molecule has 0 spiro atoms. The van der Waals surface area contributed by atoms with E-state index in [0.29, 0.717) is 6.54 Å². The smallest absolute Gasteiger partial charge is 0.189 e. The standard InChI is InChI=1S/C7H19NO2Si/c1-7(2,6-8-10-3)11(4,5)9/h8-9H,6H2,1-5H3. The summed E-state index contributed by atoms with van der Waals surface area (Å²) in [7, 11) is -0.479. The minimum atomic E-state index is -2.06. The summed E-state index contributed by atoms with van der Waals surface area (Å²) in [6.07, 6.45) is 0. The van der Waals surface area contributed by atoms with Gasteiger partial charge >= 0.3 is 0 Å². The van der Waals surface area contributed by atoms with E-state index in [2.05, 4.69) is 5.48 Å². The van der Waals surface area contributed by atoms with Crippen molar-refractivity contribution < 1.29 is 9.63 Å². The lowest BCUT2D eigenvalue weighted by Gasteiger charge is -2.34. The summed E-state index contributed by atoms with van der Waals surface area (Å²) in [6.45, 7) is 8.66. The van der Waals surface area contributed by atoms with Crippen molar-refractivity contribution in [3.63, 3.8) is 0 Å². The van der Waals surface area contributed by atoms with Crippen LogP contribution in [0.25, 0.3) is 0 Å². The second-order valence-electron chi connectivity index (χ2n) is 3.97. The van der Waals surface area contributed by atoms with Gasteiger partial charge in [-0.1, -0.05) is 13.8 Å². The molecule has 0 fully saturated rings. The Kier molecular flexibility index (Phi) is 3.70. The summed E-state index contributed by atoms with van der Waals surface area (Å²) in [4.78, 5) is 14.5. The van der Waals surface area contributed by atoms with Crippen LogP contribution in [0.1, 0.15) is 13.8 Å². The van der Waals surface area contributed by atoms with E-state index in [1.165, 1.54) is 0 Å². The van der Waals surface area contributed by atoms with Crippen LogP contribution < -0.4 is 5.48 Å². The summed E-state index contributed by atoms with van der Waals surface area (Å²) in [5, 5.41) is -0.0526. The molecule has 3 nitrogen and oxygen atoms in total. The molecule has 0 bridgehead atoms. The third kappa shape index (κ3) is 3.33. The average molecular weight is 177 g/mol. The summed E-state index contributed by atoms with van der Waals surface area (Å²) in [5.41, 5.74) is 2.77. The van der Waals surface area contributed by atoms with Crippen molar-refractivity contribution in [1.82, 2.24) is 5.48 Å². The van der Waals surface area contributed by atoms with Gasteiger partial charge in [-0.05, 0) is 18.1 Å². The van der Waals surface area contributed by atoms with Crippen LogP contribution in [-0.2, 0) is 4.84 Å². The zero-order chi connectivity index (χ0) is 9.12. The molecule has 11 heavy (non-hydrogen) atoms. The quantitative estimate of drug-likeness (QED) is 0.499. The van der Waals surface area contributed by atoms with Gasteiger partial charge in [0.1, 0.15) is 0 Å². The largest absolute Gasteiger partial charge is 0.432 e. The Morgan fingerprint density at radius 3 is 2.18 bits per heavy atom. The Morgan fingerprint density at radius 1 is 1.45 bits per heavy atom. The molecule has 0 saturated carbocycles. The van der Waals surface area contributed by atoms with Crippen LogP contribution in [0.3, 0.4) is 0 Å². The minimum absolute atomic E-state index is 0.0526. The van der Waals surface area contributed by atoms with Crippen LogP contribution >= 0.6 is 0 Å². The molecule has 2 N–H and O–H groups in total. The lowest BCUT2D eigenvalue weighted by molar-refractivity contribution is 0.0830. The van der Waals surface area contributed by atoms with Crippen LogP contribution in [-0.4, -0.2) is 26.8 Å². The zero-order valence-corrected chi connectivity index (χ0v) is 9.06. The lowest BCUT2D eigenvalue weighted by atomic mass is 10.2. The molecular formula is C7H19NO2Si. The second kappa shape index (κ2) is 3.67. The van der Waals surface area contributed by atoms with Crippen LogP contribution in [0.2, 0.25) is 18.1 Å². The molecule has 0 amide bonds. The molecule has 0 aliphatic rings. The molecule has 0 aromatic carbocycles. The van der Waals surface area contributed by atoms with E-state index in [4.69, 9.17) is 4.84 Å². The van der Waals surface area contributed by atoms with Gasteiger partial charge in [0, 0.05) is 6.54 Å². The molecule has 0 heterocycles. The number of hydrogen-bond donors (Lipinski definition) is 2. The van der Waals surface area contributed by atoms with Gasteiger partial charge in [0.15, 0.2) is 8.32 Å². The number of hydroxylamine groups is 1. The van der Waals surface area contributed by atoms with Gasteiger partial charge in [0.05, 0.1) is 7.11 Å². The molecular weight excluding hydrogens is 158 g/mol. The predicted molar refractivity (Wildman–Crippen MR) is 48.8 cm³/mol. The first kappa shape index (κ1) is 11.1. The Balaban J connectivity index is 4.00. The maximum atomic E-state index is 9.82. The summed E-state index contributed by atoms with van der Waals surface area (Å²) >= 11 is 0. The average Bonchev–Trinajstić information content (AvgIpc) is 1.81. The molecule has 0 atom stereocenters. The van der Waals surface area contributed by atoms with Crippen LogP contribution in [0.15, 0.2) is 0 Å². The maximum absolute atomic E-state index is 9.82. The van der Waals surface area contributed by atoms with Gasteiger partial charge in [-0.25, -0.2) is 5.48 Å². The highest BCUT2D eigenvalue weighted by Gasteiger charge is 2.37. The number of rotatable bonds is 4. The highest BCUT2D eigenvalue weighted by molar-refractivity contribution is 6.72. The van der Waals surface area contributed by atoms with Crippen molar-refractivity contribution in [2.45, 2.75) is 32.0 Å². The molecule has 0 rings (SSSR count). The van der Waals surface area contributed by atoms with Gasteiger partial charge in [0.25, 0.3) is 0 Å². The molecule has 0 aromatic rings. The third-order valence-electron chi connectivity index (χ3n) is 2.31. The van der Waals surface area contributed by atoms with E-state index in [1.807, 2.05) is 26.9 Å². The molecule has 0 radical (unpaired) electrons. The van der Waals surface area contributed by atoms with E-state index in [-0.39, 0.29) is 5.04 Å². The monoisotopic (exact) mass is 177 g/mol. The fourth-order valence-electron chi connectivity index (χ4n) is 0.469. The molecule has 0 aromatic heterocycles. The van der Waals surface area contributed by atoms with Crippen LogP contribution in [0.5, 0.6) is 0 Å². The highest BCUT2D eigenvalue weighted by atomic mass is 28.4. The molecule has 0 aliphatic heterocycles. The van der Waals surface area contributed by atoms with Gasteiger partial charge in [-0.3, -0.25) is 0 Å². The summed E-state index contributed by atoms with van der Waals surface area (Å²) in [5.74, 6) is 0. The Hall–Kier alpha value is 0.0969. The van der Waals surface area contributed by atoms with Crippen molar-refractivity contribution >= 4 is 8.32 Å². The first-order valence-electron chi connectivity index (χ1n) is 3.79. The molecule has 0 unspecified atom stereocenters. The maximum Gasteiger partial charge on any atom is 0.189 e. The fourth-order valence-corrected chi connectivity index (χ4v) is 0.974. The van der Waals surface area contributed by atoms with Crippen molar-refractivity contribution in [1.29, 1.82) is 0 Å². The SMILES string of the molecule is CONCC(C)(C)[Si](C)(C)O. The Labute approximate surface area is 69.8 Å². The van der Waals surface area contributed by atoms with Crippen molar-refractivity contribution in [3.8, 4) is 0 Å². The predicted octanol–water partition coefficient (Wildman–Crippen LogP) is 1.11. The Morgan fingerprint density at radius 2 is 1.91 bits per heavy atom. The fraction of sp³-hybridized carbons (Fsp3) is 1.00. The number of nitrogens with one attached hydrogen (secondary N) is 1. The van der Waals surface area contributed by atoms with E-state index in [9.17, 15) is 4.80 Å². The van der Waals surface area contributed by atoms with E-state index in [1.54, 1.807) is 7.11 Å². The third-order valence-corrected chi connectivity index (χ3v) is 5.80. The van der Waals surface area contributed by atoms with E-state index in [0.717, 1.165) is 0 Å². The van der Waals surface area contributed by atoms with Crippen molar-refractivity contribution in [2.75, 3.05) is 13.7 Å². The number of hydrogen-bond acceptors (Lipinski definition) is 3. The van der Waals surface area contributed by atoms with Gasteiger partial charge in [0.2, 0.25) is 0 Å². The lowest BCUT2D eigenvalue weighted by Crippen LogP contribution is -2.44.